The van der Waals surface area contributed by atoms with Crippen LogP contribution in [0.4, 0.5) is 0 Å². The first kappa shape index (κ1) is 7.56. The van der Waals surface area contributed by atoms with Gasteiger partial charge in [0.25, 0.3) is 0 Å². The number of rotatable bonds is 3. The lowest BCUT2D eigenvalue weighted by atomic mass is 9.96. The largest absolute Gasteiger partial charge is 0.392 e. The molecule has 1 aliphatic carbocycles. The van der Waals surface area contributed by atoms with Crippen molar-refractivity contribution in [2.45, 2.75) is 32.3 Å². The van der Waals surface area contributed by atoms with Crippen molar-refractivity contribution in [3.8, 4) is 0 Å². The highest BCUT2D eigenvalue weighted by atomic mass is 16.3. The molecule has 1 aliphatic heterocycles. The molecular formula is C9H17NO. The molecule has 1 spiro atoms. The van der Waals surface area contributed by atoms with E-state index >= 15 is 0 Å². The van der Waals surface area contributed by atoms with E-state index in [1.165, 1.54) is 25.9 Å². The Kier molecular flexibility index (Phi) is 1.69. The quantitative estimate of drug-likeness (QED) is 0.653. The van der Waals surface area contributed by atoms with Gasteiger partial charge in [0.2, 0.25) is 0 Å². The third kappa shape index (κ3) is 1.42. The van der Waals surface area contributed by atoms with Gasteiger partial charge in [0.1, 0.15) is 0 Å². The van der Waals surface area contributed by atoms with Crippen molar-refractivity contribution >= 4 is 0 Å². The van der Waals surface area contributed by atoms with Crippen LogP contribution in [0.2, 0.25) is 0 Å². The summed E-state index contributed by atoms with van der Waals surface area (Å²) in [6.45, 7) is 5.45. The zero-order valence-corrected chi connectivity index (χ0v) is 7.21. The van der Waals surface area contributed by atoms with Gasteiger partial charge in [-0.1, -0.05) is 6.92 Å². The summed E-state index contributed by atoms with van der Waals surface area (Å²) in [6, 6.07) is 0. The highest BCUT2D eigenvalue weighted by Gasteiger charge is 2.51. The average molecular weight is 155 g/mol. The Hall–Kier alpha value is -0.0800. The molecule has 0 radical (unpaired) electrons. The van der Waals surface area contributed by atoms with Crippen LogP contribution in [0.3, 0.4) is 0 Å². The molecule has 0 bridgehead atoms. The van der Waals surface area contributed by atoms with E-state index < -0.39 is 0 Å². The maximum Gasteiger partial charge on any atom is 0.0664 e. The molecule has 0 aromatic carbocycles. The van der Waals surface area contributed by atoms with Crippen molar-refractivity contribution in [3.63, 3.8) is 0 Å². The zero-order chi connectivity index (χ0) is 7.90. The lowest BCUT2D eigenvalue weighted by molar-refractivity contribution is 0.0273. The normalized spacial score (nSPS) is 30.0. The molecule has 1 N–H and O–H groups in total. The van der Waals surface area contributed by atoms with E-state index in [-0.39, 0.29) is 6.10 Å². The van der Waals surface area contributed by atoms with Crippen LogP contribution in [0.1, 0.15) is 26.2 Å². The van der Waals surface area contributed by atoms with E-state index in [1.54, 1.807) is 0 Å². The minimum absolute atomic E-state index is 0.0916. The third-order valence-electron chi connectivity index (χ3n) is 3.02. The van der Waals surface area contributed by atoms with Gasteiger partial charge >= 0.3 is 0 Å². The fourth-order valence-electron chi connectivity index (χ4n) is 1.95. The highest BCUT2D eigenvalue weighted by Crippen LogP contribution is 2.52. The minimum Gasteiger partial charge on any atom is -0.392 e. The van der Waals surface area contributed by atoms with Crippen LogP contribution in [0.25, 0.3) is 0 Å². The number of nitrogens with zero attached hydrogens (tertiary/aromatic N) is 1. The topological polar surface area (TPSA) is 23.5 Å². The smallest absolute Gasteiger partial charge is 0.0664 e. The summed E-state index contributed by atoms with van der Waals surface area (Å²) in [5.74, 6) is 0. The van der Waals surface area contributed by atoms with Gasteiger partial charge in [0.05, 0.1) is 6.10 Å². The van der Waals surface area contributed by atoms with Crippen molar-refractivity contribution in [2.24, 2.45) is 5.41 Å². The summed E-state index contributed by atoms with van der Waals surface area (Å²) >= 11 is 0. The minimum atomic E-state index is -0.0916. The predicted molar refractivity (Wildman–Crippen MR) is 44.4 cm³/mol. The number of hydrogen-bond donors (Lipinski definition) is 1. The van der Waals surface area contributed by atoms with Gasteiger partial charge < -0.3 is 5.11 Å². The molecule has 1 saturated heterocycles. The van der Waals surface area contributed by atoms with Crippen LogP contribution in [0.15, 0.2) is 0 Å². The lowest BCUT2D eigenvalue weighted by Gasteiger charge is -2.40. The number of likely N-dealkylation sites (tertiary alicyclic amines) is 1. The fourth-order valence-corrected chi connectivity index (χ4v) is 1.95. The molecule has 0 amide bonds. The molecule has 2 aliphatic rings. The molecule has 1 heterocycles. The molecule has 1 unspecified atom stereocenters. The molecule has 0 aromatic heterocycles. The Labute approximate surface area is 68.2 Å². The molecule has 11 heavy (non-hydrogen) atoms. The van der Waals surface area contributed by atoms with E-state index in [0.29, 0.717) is 0 Å². The predicted octanol–water partition coefficient (Wildman–Crippen LogP) is 0.853. The summed E-state index contributed by atoms with van der Waals surface area (Å²) in [7, 11) is 0. The second kappa shape index (κ2) is 2.46. The van der Waals surface area contributed by atoms with Crippen LogP contribution in [-0.2, 0) is 0 Å². The third-order valence-corrected chi connectivity index (χ3v) is 3.02. The van der Waals surface area contributed by atoms with Gasteiger partial charge in [-0.2, -0.15) is 0 Å². The van der Waals surface area contributed by atoms with Gasteiger partial charge in [-0.3, -0.25) is 4.90 Å². The summed E-state index contributed by atoms with van der Waals surface area (Å²) in [5, 5.41) is 9.34. The van der Waals surface area contributed by atoms with Crippen molar-refractivity contribution in [3.05, 3.63) is 0 Å². The first-order valence-electron chi connectivity index (χ1n) is 4.64. The molecule has 2 heteroatoms. The average Bonchev–Trinajstić information content (AvgIpc) is 2.66. The molecule has 2 fully saturated rings. The molecule has 1 saturated carbocycles. The first-order valence-corrected chi connectivity index (χ1v) is 4.64. The first-order chi connectivity index (χ1) is 5.24. The van der Waals surface area contributed by atoms with Gasteiger partial charge in [0.15, 0.2) is 0 Å². The monoisotopic (exact) mass is 155 g/mol. The molecule has 2 nitrogen and oxygen atoms in total. The Morgan fingerprint density at radius 2 is 2.09 bits per heavy atom. The van der Waals surface area contributed by atoms with Crippen molar-refractivity contribution in [2.75, 3.05) is 19.6 Å². The van der Waals surface area contributed by atoms with E-state index in [1.807, 2.05) is 6.92 Å². The number of aliphatic hydroxyl groups excluding tert-OH is 1. The van der Waals surface area contributed by atoms with Crippen molar-refractivity contribution in [1.82, 2.24) is 4.90 Å². The van der Waals surface area contributed by atoms with Crippen LogP contribution in [0.5, 0.6) is 0 Å². The second-order valence-corrected chi connectivity index (χ2v) is 4.23. The maximum atomic E-state index is 9.34. The summed E-state index contributed by atoms with van der Waals surface area (Å²) in [6.07, 6.45) is 3.67. The zero-order valence-electron chi connectivity index (χ0n) is 7.21. The summed E-state index contributed by atoms with van der Waals surface area (Å²) in [5.41, 5.74) is 0.744. The van der Waals surface area contributed by atoms with Gasteiger partial charge in [-0.05, 0) is 24.7 Å². The molecule has 1 atom stereocenters. The summed E-state index contributed by atoms with van der Waals surface area (Å²) in [4.78, 5) is 2.38. The van der Waals surface area contributed by atoms with Crippen molar-refractivity contribution in [1.29, 1.82) is 0 Å². The maximum absolute atomic E-state index is 9.34. The highest BCUT2D eigenvalue weighted by molar-refractivity contribution is 5.05. The van der Waals surface area contributed by atoms with E-state index in [9.17, 15) is 5.11 Å². The SMILES string of the molecule is CCC(O)CN1CC2(CC2)C1. The van der Waals surface area contributed by atoms with Crippen LogP contribution in [0, 0.1) is 5.41 Å². The van der Waals surface area contributed by atoms with Crippen molar-refractivity contribution < 1.29 is 5.11 Å². The molecule has 0 aromatic rings. The second-order valence-electron chi connectivity index (χ2n) is 4.23. The number of aliphatic hydroxyl groups is 1. The lowest BCUT2D eigenvalue weighted by Crippen LogP contribution is -2.50. The van der Waals surface area contributed by atoms with Gasteiger partial charge in [-0.25, -0.2) is 0 Å². The fraction of sp³-hybridized carbons (Fsp3) is 1.00. The Morgan fingerprint density at radius 3 is 2.55 bits per heavy atom. The van der Waals surface area contributed by atoms with E-state index in [2.05, 4.69) is 4.90 Å². The van der Waals surface area contributed by atoms with Crippen LogP contribution in [-0.4, -0.2) is 35.7 Å². The summed E-state index contributed by atoms with van der Waals surface area (Å²) < 4.78 is 0. The van der Waals surface area contributed by atoms with E-state index in [0.717, 1.165) is 18.4 Å². The van der Waals surface area contributed by atoms with Crippen LogP contribution < -0.4 is 0 Å². The Bertz CT molecular complexity index is 146. The molecule has 2 rings (SSSR count). The van der Waals surface area contributed by atoms with Gasteiger partial charge in [-0.15, -0.1) is 0 Å². The Balaban J connectivity index is 1.66. The van der Waals surface area contributed by atoms with Crippen LogP contribution >= 0.6 is 0 Å². The van der Waals surface area contributed by atoms with Gasteiger partial charge in [0, 0.05) is 19.6 Å². The number of β-amino-alcohol motifs (C(OH)–C–C–N with tert-alkyl or cyclic N) is 1. The molecular weight excluding hydrogens is 138 g/mol. The molecule has 64 valence electrons. The Morgan fingerprint density at radius 1 is 1.45 bits per heavy atom. The van der Waals surface area contributed by atoms with E-state index in [4.69, 9.17) is 0 Å². The standard InChI is InChI=1S/C9H17NO/c1-2-8(11)5-10-6-9(7-10)3-4-9/h8,11H,2-7H2,1H3. The number of hydrogen-bond acceptors (Lipinski definition) is 2.